The van der Waals surface area contributed by atoms with Crippen LogP contribution in [0.5, 0.6) is 0 Å². The highest BCUT2D eigenvalue weighted by Crippen LogP contribution is 2.60. The van der Waals surface area contributed by atoms with E-state index in [-0.39, 0.29) is 6.42 Å². The molecule has 0 radical (unpaired) electrons. The van der Waals surface area contributed by atoms with Crippen molar-refractivity contribution in [2.45, 2.75) is 108 Å². The lowest BCUT2D eigenvalue weighted by Crippen LogP contribution is -2.47. The summed E-state index contributed by atoms with van der Waals surface area (Å²) in [6.45, 7) is 1.61. The Hall–Kier alpha value is -0.530. The maximum Gasteiger partial charge on any atom is 0.219 e. The van der Waals surface area contributed by atoms with Gasteiger partial charge in [-0.25, -0.2) is 0 Å². The summed E-state index contributed by atoms with van der Waals surface area (Å²) in [4.78, 5) is 55.5. The second kappa shape index (κ2) is 17.0. The number of carbonyl (C=O) groups excluding carboxylic acids is 1. The third-order valence-corrected chi connectivity index (χ3v) is 9.00. The number of amides is 1. The van der Waals surface area contributed by atoms with Crippen LogP contribution in [-0.2, 0) is 13.9 Å². The number of nitrogens with one attached hydrogen (secondary N) is 1. The molecule has 0 saturated carbocycles. The summed E-state index contributed by atoms with van der Waals surface area (Å²) in [5.41, 5.74) is 0. The van der Waals surface area contributed by atoms with E-state index in [0.29, 0.717) is 6.42 Å². The zero-order chi connectivity index (χ0) is 24.5. The topological polar surface area (TPSA) is 176 Å². The van der Waals surface area contributed by atoms with Gasteiger partial charge in [0.25, 0.3) is 0 Å². The number of carbonyl (C=O) groups is 1. The number of rotatable bonds is 20. The van der Waals surface area contributed by atoms with Crippen molar-refractivity contribution >= 4 is 21.1 Å². The van der Waals surface area contributed by atoms with E-state index in [4.69, 9.17) is 0 Å². The van der Waals surface area contributed by atoms with Crippen LogP contribution < -0.4 is 24.9 Å². The zero-order valence-electron chi connectivity index (χ0n) is 19.2. The van der Waals surface area contributed by atoms with Crippen molar-refractivity contribution in [3.8, 4) is 0 Å². The normalized spacial score (nSPS) is 13.1. The average Bonchev–Trinajstić information content (AvgIpc) is 2.69. The Morgan fingerprint density at radius 1 is 0.812 bits per heavy atom. The summed E-state index contributed by atoms with van der Waals surface area (Å²) >= 11 is 0. The van der Waals surface area contributed by atoms with E-state index < -0.39 is 39.1 Å². The molecule has 0 bridgehead atoms. The molecule has 0 fully saturated rings. The third kappa shape index (κ3) is 13.9. The second-order valence-electron chi connectivity index (χ2n) is 8.20. The van der Waals surface area contributed by atoms with Gasteiger partial charge in [0.1, 0.15) is 5.08 Å². The molecular formula is C21H39NO8P2-4. The first kappa shape index (κ1) is 31.5. The monoisotopic (exact) mass is 495 g/mol. The maximum atomic E-state index is 11.7. The van der Waals surface area contributed by atoms with Gasteiger partial charge in [-0.3, -0.25) is 4.79 Å². The predicted octanol–water partition coefficient (Wildman–Crippen LogP) is 2.00. The van der Waals surface area contributed by atoms with Crippen molar-refractivity contribution in [1.82, 2.24) is 5.32 Å². The van der Waals surface area contributed by atoms with Crippen LogP contribution in [0.15, 0.2) is 12.2 Å². The molecular weight excluding hydrogens is 456 g/mol. The minimum atomic E-state index is -6.11. The van der Waals surface area contributed by atoms with E-state index in [2.05, 4.69) is 24.4 Å². The third-order valence-electron chi connectivity index (χ3n) is 5.33. The molecule has 0 rings (SSSR count). The van der Waals surface area contributed by atoms with Gasteiger partial charge in [-0.2, -0.15) is 0 Å². The van der Waals surface area contributed by atoms with E-state index in [1.54, 1.807) is 0 Å². The smallest absolute Gasteiger partial charge is 0.219 e. The van der Waals surface area contributed by atoms with Crippen LogP contribution in [0.3, 0.4) is 0 Å². The molecule has 0 aliphatic carbocycles. The van der Waals surface area contributed by atoms with Gasteiger partial charge in [0.15, 0.2) is 0 Å². The quantitative estimate of drug-likeness (QED) is 0.146. The van der Waals surface area contributed by atoms with Gasteiger partial charge in [0, 0.05) is 19.4 Å². The van der Waals surface area contributed by atoms with Crippen molar-refractivity contribution in [3.05, 3.63) is 12.2 Å². The van der Waals surface area contributed by atoms with E-state index in [9.17, 15) is 38.6 Å². The number of unbranched alkanes of at least 4 members (excludes halogenated alkanes) is 11. The molecule has 1 amide bonds. The lowest BCUT2D eigenvalue weighted by Gasteiger charge is -2.55. The van der Waals surface area contributed by atoms with Crippen LogP contribution in [0.25, 0.3) is 0 Å². The minimum Gasteiger partial charge on any atom is -0.808 e. The van der Waals surface area contributed by atoms with Gasteiger partial charge in [-0.1, -0.05) is 70.4 Å². The van der Waals surface area contributed by atoms with E-state index in [0.717, 1.165) is 38.5 Å². The summed E-state index contributed by atoms with van der Waals surface area (Å²) in [6, 6.07) is 0. The van der Waals surface area contributed by atoms with Crippen molar-refractivity contribution in [1.29, 1.82) is 0 Å². The highest BCUT2D eigenvalue weighted by molar-refractivity contribution is 7.69. The standard InChI is InChI=1S/C21H43NO8P2/c1-2-3-4-5-6-7-8-9-10-11-12-13-14-15-16-17-20(23)22-19-18-21(24,31(25,26)27)32(28,29)30/h9-10,24H,2-8,11-19H2,1H3,(H,22,23)(H2,25,26,27)(H2,28,29,30)/p-4/b10-9-. The SMILES string of the molecule is CCCCCCCC/C=C\CCCCCCCC(=O)NCCC(O)(P(=O)([O-])[O-])P(=O)([O-])[O-]. The van der Waals surface area contributed by atoms with Gasteiger partial charge in [0.2, 0.25) is 5.91 Å². The Morgan fingerprint density at radius 2 is 1.25 bits per heavy atom. The van der Waals surface area contributed by atoms with Gasteiger partial charge in [0.05, 0.1) is 0 Å². The number of hydrogen-bond acceptors (Lipinski definition) is 8. The molecule has 0 aromatic carbocycles. The fourth-order valence-electron chi connectivity index (χ4n) is 3.24. The highest BCUT2D eigenvalue weighted by Gasteiger charge is 2.35. The number of allylic oxidation sites excluding steroid dienone is 2. The molecule has 0 atom stereocenters. The van der Waals surface area contributed by atoms with Crippen molar-refractivity contribution in [3.63, 3.8) is 0 Å². The van der Waals surface area contributed by atoms with Crippen LogP contribution in [0, 0.1) is 0 Å². The van der Waals surface area contributed by atoms with Crippen LogP contribution in [0.4, 0.5) is 0 Å². The Labute approximate surface area is 192 Å². The summed E-state index contributed by atoms with van der Waals surface area (Å²) in [5, 5.41) is 7.77. The van der Waals surface area contributed by atoms with Gasteiger partial charge in [-0.05, 0) is 47.3 Å². The van der Waals surface area contributed by atoms with Crippen LogP contribution in [-0.4, -0.2) is 22.6 Å². The Balaban J connectivity index is 3.73. The van der Waals surface area contributed by atoms with E-state index in [1.165, 1.54) is 38.5 Å². The molecule has 0 saturated heterocycles. The van der Waals surface area contributed by atoms with E-state index >= 15 is 0 Å². The Kier molecular flexibility index (Phi) is 16.7. The van der Waals surface area contributed by atoms with Crippen molar-refractivity contribution in [2.75, 3.05) is 6.54 Å². The van der Waals surface area contributed by atoms with Gasteiger partial charge >= 0.3 is 0 Å². The summed E-state index contributed by atoms with van der Waals surface area (Å²) in [6.07, 6.45) is 18.0. The van der Waals surface area contributed by atoms with Crippen LogP contribution >= 0.6 is 15.2 Å². The molecule has 2 N–H and O–H groups in total. The van der Waals surface area contributed by atoms with Crippen LogP contribution in [0.2, 0.25) is 0 Å². The Bertz CT molecular complexity index is 607. The average molecular weight is 495 g/mol. The maximum absolute atomic E-state index is 11.7. The summed E-state index contributed by atoms with van der Waals surface area (Å²) in [5.74, 6) is -0.469. The van der Waals surface area contributed by atoms with Gasteiger partial charge < -0.3 is 39.1 Å². The van der Waals surface area contributed by atoms with Crippen molar-refractivity contribution in [2.24, 2.45) is 0 Å². The number of hydrogen-bond donors (Lipinski definition) is 2. The molecule has 0 unspecified atom stereocenters. The molecule has 32 heavy (non-hydrogen) atoms. The molecule has 0 aromatic rings. The molecule has 11 heteroatoms. The largest absolute Gasteiger partial charge is 0.808 e. The van der Waals surface area contributed by atoms with Crippen molar-refractivity contribution < 1.29 is 38.6 Å². The Morgan fingerprint density at radius 3 is 1.72 bits per heavy atom. The summed E-state index contributed by atoms with van der Waals surface area (Å²) in [7, 11) is -12.2. The lowest BCUT2D eigenvalue weighted by molar-refractivity contribution is -0.348. The molecule has 0 spiro atoms. The minimum absolute atomic E-state index is 0.148. The first-order chi connectivity index (χ1) is 15.0. The molecule has 0 aromatic heterocycles. The fraction of sp³-hybridized carbons (Fsp3) is 0.857. The fourth-order valence-corrected chi connectivity index (χ4v) is 5.21. The summed E-state index contributed by atoms with van der Waals surface area (Å²) < 4.78 is 21.9. The second-order valence-corrected chi connectivity index (χ2v) is 12.0. The molecule has 0 heterocycles. The molecule has 9 nitrogen and oxygen atoms in total. The predicted molar refractivity (Wildman–Crippen MR) is 117 cm³/mol. The zero-order valence-corrected chi connectivity index (χ0v) is 21.0. The number of aliphatic hydroxyl groups is 1. The first-order valence-electron chi connectivity index (χ1n) is 11.6. The first-order valence-corrected chi connectivity index (χ1v) is 14.7. The molecule has 0 aliphatic rings. The lowest BCUT2D eigenvalue weighted by atomic mass is 10.1. The van der Waals surface area contributed by atoms with Crippen LogP contribution in [0.1, 0.15) is 103 Å². The molecule has 190 valence electrons. The highest BCUT2D eigenvalue weighted by atomic mass is 31.2. The van der Waals surface area contributed by atoms with E-state index in [1.807, 2.05) is 0 Å². The van der Waals surface area contributed by atoms with Gasteiger partial charge in [-0.15, -0.1) is 0 Å². The molecule has 0 aliphatic heterocycles.